The van der Waals surface area contributed by atoms with Crippen LogP contribution in [0.4, 0.5) is 5.95 Å². The molecule has 4 nitrogen and oxygen atoms in total. The van der Waals surface area contributed by atoms with E-state index >= 15 is 0 Å². The highest BCUT2D eigenvalue weighted by molar-refractivity contribution is 5.81. The number of H-pyrrole nitrogens is 1. The van der Waals surface area contributed by atoms with Crippen molar-refractivity contribution in [2.24, 2.45) is 4.99 Å². The summed E-state index contributed by atoms with van der Waals surface area (Å²) in [4.78, 5) is 8.07. The van der Waals surface area contributed by atoms with E-state index in [-0.39, 0.29) is 0 Å². The molecular weight excluding hydrogens is 200 g/mol. The van der Waals surface area contributed by atoms with Crippen molar-refractivity contribution in [2.75, 3.05) is 0 Å². The molecule has 2 aromatic rings. The highest BCUT2D eigenvalue weighted by atomic mass is 15.2. The summed E-state index contributed by atoms with van der Waals surface area (Å²) in [7, 11) is 0. The third kappa shape index (κ3) is 2.53. The van der Waals surface area contributed by atoms with Crippen LogP contribution in [0.2, 0.25) is 0 Å². The van der Waals surface area contributed by atoms with Crippen LogP contribution in [0.3, 0.4) is 0 Å². The molecule has 1 aromatic carbocycles. The number of hydrogen-bond donors (Lipinski definition) is 1. The van der Waals surface area contributed by atoms with Crippen LogP contribution in [0.25, 0.3) is 0 Å². The number of aromatic amines is 1. The lowest BCUT2D eigenvalue weighted by Crippen LogP contribution is -1.88. The molecule has 0 spiro atoms. The molecule has 82 valence electrons. The van der Waals surface area contributed by atoms with Gasteiger partial charge in [-0.2, -0.15) is 10.1 Å². The lowest BCUT2D eigenvalue weighted by molar-refractivity contribution is 0.866. The minimum atomic E-state index is 0.521. The predicted molar refractivity (Wildman–Crippen MR) is 64.2 cm³/mol. The highest BCUT2D eigenvalue weighted by Gasteiger charge is 1.97. The van der Waals surface area contributed by atoms with E-state index in [9.17, 15) is 0 Å². The van der Waals surface area contributed by atoms with Gasteiger partial charge in [0.2, 0.25) is 5.95 Å². The third-order valence-electron chi connectivity index (χ3n) is 2.34. The van der Waals surface area contributed by atoms with Crippen molar-refractivity contribution in [3.05, 3.63) is 41.7 Å². The molecule has 0 fully saturated rings. The molecule has 0 atom stereocenters. The monoisotopic (exact) mass is 214 g/mol. The number of aliphatic imine (C=N–C) groups is 1. The fraction of sp³-hybridized carbons (Fsp3) is 0.250. The summed E-state index contributed by atoms with van der Waals surface area (Å²) < 4.78 is 0. The molecule has 0 aliphatic heterocycles. The van der Waals surface area contributed by atoms with Crippen LogP contribution >= 0.6 is 0 Å². The van der Waals surface area contributed by atoms with Crippen LogP contribution in [-0.2, 0) is 0 Å². The first-order chi connectivity index (χ1) is 7.75. The van der Waals surface area contributed by atoms with E-state index in [0.717, 1.165) is 5.56 Å². The Morgan fingerprint density at radius 2 is 2.00 bits per heavy atom. The summed E-state index contributed by atoms with van der Waals surface area (Å²) in [5.41, 5.74) is 2.39. The first-order valence-electron chi connectivity index (χ1n) is 5.25. The number of rotatable bonds is 3. The van der Waals surface area contributed by atoms with Gasteiger partial charge in [-0.3, -0.25) is 0 Å². The fourth-order valence-corrected chi connectivity index (χ4v) is 1.36. The first-order valence-corrected chi connectivity index (χ1v) is 5.25. The van der Waals surface area contributed by atoms with Crippen molar-refractivity contribution in [2.45, 2.75) is 19.8 Å². The Hall–Kier alpha value is -1.97. The van der Waals surface area contributed by atoms with Gasteiger partial charge in [0.1, 0.15) is 6.33 Å². The topological polar surface area (TPSA) is 53.9 Å². The van der Waals surface area contributed by atoms with E-state index in [1.807, 2.05) is 0 Å². The smallest absolute Gasteiger partial charge is 0.244 e. The zero-order valence-electron chi connectivity index (χ0n) is 9.38. The minimum Gasteiger partial charge on any atom is -0.244 e. The molecule has 0 unspecified atom stereocenters. The second-order valence-corrected chi connectivity index (χ2v) is 3.89. The van der Waals surface area contributed by atoms with Crippen LogP contribution < -0.4 is 0 Å². The zero-order chi connectivity index (χ0) is 11.4. The van der Waals surface area contributed by atoms with Crippen LogP contribution in [0.5, 0.6) is 0 Å². The lowest BCUT2D eigenvalue weighted by atomic mass is 10.0. The molecule has 0 bridgehead atoms. The van der Waals surface area contributed by atoms with Gasteiger partial charge in [0.15, 0.2) is 0 Å². The van der Waals surface area contributed by atoms with E-state index < -0.39 is 0 Å². The van der Waals surface area contributed by atoms with Gasteiger partial charge in [0.05, 0.1) is 0 Å². The number of benzene rings is 1. The second kappa shape index (κ2) is 4.70. The molecule has 2 rings (SSSR count). The van der Waals surface area contributed by atoms with Gasteiger partial charge in [-0.25, -0.2) is 10.1 Å². The maximum Gasteiger partial charge on any atom is 0.245 e. The van der Waals surface area contributed by atoms with Gasteiger partial charge >= 0.3 is 0 Å². The minimum absolute atomic E-state index is 0.521. The largest absolute Gasteiger partial charge is 0.245 e. The van der Waals surface area contributed by atoms with Crippen LogP contribution in [-0.4, -0.2) is 21.4 Å². The Bertz CT molecular complexity index is 454. The van der Waals surface area contributed by atoms with Gasteiger partial charge in [0, 0.05) is 6.21 Å². The van der Waals surface area contributed by atoms with Gasteiger partial charge in [-0.05, 0) is 17.0 Å². The van der Waals surface area contributed by atoms with Crippen molar-refractivity contribution in [3.63, 3.8) is 0 Å². The summed E-state index contributed by atoms with van der Waals surface area (Å²) in [6, 6.07) is 8.34. The van der Waals surface area contributed by atoms with Gasteiger partial charge in [-0.15, -0.1) is 0 Å². The second-order valence-electron chi connectivity index (χ2n) is 3.89. The molecule has 0 amide bonds. The van der Waals surface area contributed by atoms with E-state index in [2.05, 4.69) is 58.3 Å². The molecule has 16 heavy (non-hydrogen) atoms. The summed E-state index contributed by atoms with van der Waals surface area (Å²) in [5, 5.41) is 6.40. The van der Waals surface area contributed by atoms with Gasteiger partial charge in [-0.1, -0.05) is 38.1 Å². The van der Waals surface area contributed by atoms with E-state index in [1.54, 1.807) is 6.21 Å². The molecule has 0 saturated heterocycles. The highest BCUT2D eigenvalue weighted by Crippen LogP contribution is 2.14. The number of nitrogens with one attached hydrogen (secondary N) is 1. The molecule has 0 saturated carbocycles. The molecule has 1 heterocycles. The van der Waals surface area contributed by atoms with Crippen molar-refractivity contribution in [1.29, 1.82) is 0 Å². The Morgan fingerprint density at radius 1 is 1.25 bits per heavy atom. The standard InChI is InChI=1S/C12H14N4/c1-9(2)11-5-3-10(4-6-11)7-13-12-14-8-15-16-12/h3-9H,1-2H3,(H,14,15,16)/b13-7+. The quantitative estimate of drug-likeness (QED) is 0.798. The lowest BCUT2D eigenvalue weighted by Gasteiger charge is -2.04. The Kier molecular flexibility index (Phi) is 3.10. The number of aromatic nitrogens is 3. The van der Waals surface area contributed by atoms with E-state index in [4.69, 9.17) is 0 Å². The normalized spacial score (nSPS) is 11.4. The number of hydrogen-bond acceptors (Lipinski definition) is 3. The predicted octanol–water partition coefficient (Wildman–Crippen LogP) is 2.68. The first kappa shape index (κ1) is 10.5. The molecule has 1 N–H and O–H groups in total. The SMILES string of the molecule is CC(C)c1ccc(/C=N/c2ncn[nH]2)cc1. The van der Waals surface area contributed by atoms with Gasteiger partial charge in [0.25, 0.3) is 0 Å². The van der Waals surface area contributed by atoms with E-state index in [0.29, 0.717) is 11.9 Å². The molecule has 1 aromatic heterocycles. The molecule has 0 aliphatic carbocycles. The van der Waals surface area contributed by atoms with Crippen LogP contribution in [0, 0.1) is 0 Å². The summed E-state index contributed by atoms with van der Waals surface area (Å²) >= 11 is 0. The fourth-order valence-electron chi connectivity index (χ4n) is 1.36. The summed E-state index contributed by atoms with van der Waals surface area (Å²) in [6.45, 7) is 4.36. The van der Waals surface area contributed by atoms with Crippen LogP contribution in [0.15, 0.2) is 35.6 Å². The van der Waals surface area contributed by atoms with Crippen molar-refractivity contribution >= 4 is 12.2 Å². The molecular formula is C12H14N4. The zero-order valence-corrected chi connectivity index (χ0v) is 9.38. The van der Waals surface area contributed by atoms with Crippen LogP contribution in [0.1, 0.15) is 30.9 Å². The van der Waals surface area contributed by atoms with Crippen molar-refractivity contribution < 1.29 is 0 Å². The third-order valence-corrected chi connectivity index (χ3v) is 2.34. The number of nitrogens with zero attached hydrogens (tertiary/aromatic N) is 3. The average Bonchev–Trinajstić information content (AvgIpc) is 2.80. The Balaban J connectivity index is 2.11. The summed E-state index contributed by atoms with van der Waals surface area (Å²) in [6.07, 6.45) is 3.21. The van der Waals surface area contributed by atoms with Crippen molar-refractivity contribution in [1.82, 2.24) is 15.2 Å². The maximum atomic E-state index is 4.16. The average molecular weight is 214 g/mol. The van der Waals surface area contributed by atoms with E-state index in [1.165, 1.54) is 11.9 Å². The molecule has 0 radical (unpaired) electrons. The Labute approximate surface area is 94.5 Å². The van der Waals surface area contributed by atoms with Gasteiger partial charge < -0.3 is 0 Å². The molecule has 4 heteroatoms. The summed E-state index contributed by atoms with van der Waals surface area (Å²) in [5.74, 6) is 1.08. The van der Waals surface area contributed by atoms with Crippen molar-refractivity contribution in [3.8, 4) is 0 Å². The molecule has 0 aliphatic rings. The Morgan fingerprint density at radius 3 is 2.56 bits per heavy atom. The maximum absolute atomic E-state index is 4.16.